The number of benzene rings is 1. The van der Waals surface area contributed by atoms with Crippen molar-refractivity contribution in [3.8, 4) is 0 Å². The first-order chi connectivity index (χ1) is 10.6. The van der Waals surface area contributed by atoms with E-state index in [1.165, 1.54) is 12.4 Å². The molecule has 2 aromatic heterocycles. The van der Waals surface area contributed by atoms with Crippen molar-refractivity contribution in [3.05, 3.63) is 52.3 Å². The first-order valence-electron chi connectivity index (χ1n) is 6.71. The predicted molar refractivity (Wildman–Crippen MR) is 87.2 cm³/mol. The van der Waals surface area contributed by atoms with Gasteiger partial charge < -0.3 is 9.88 Å². The summed E-state index contributed by atoms with van der Waals surface area (Å²) in [5, 5.41) is 4.61. The highest BCUT2D eigenvalue weighted by atomic mass is 35.5. The van der Waals surface area contributed by atoms with E-state index in [2.05, 4.69) is 15.3 Å². The number of aryl methyl sites for hydroxylation is 1. The van der Waals surface area contributed by atoms with Crippen molar-refractivity contribution in [2.45, 2.75) is 13.5 Å². The second-order valence-corrected chi connectivity index (χ2v) is 5.68. The van der Waals surface area contributed by atoms with Gasteiger partial charge in [0.05, 0.1) is 10.5 Å². The molecular weight excluding hydrogens is 326 g/mol. The first kappa shape index (κ1) is 15.1. The molecule has 0 atom stereocenters. The minimum Gasteiger partial charge on any atom is -0.368 e. The quantitative estimate of drug-likeness (QED) is 0.721. The van der Waals surface area contributed by atoms with E-state index in [4.69, 9.17) is 23.2 Å². The SMILES string of the molecule is Cc1cc2c(F)ccc(Cl)c2n1CCNc1cc(Cl)ncn1. The van der Waals surface area contributed by atoms with E-state index in [1.54, 1.807) is 18.2 Å². The summed E-state index contributed by atoms with van der Waals surface area (Å²) in [4.78, 5) is 7.90. The van der Waals surface area contributed by atoms with Crippen LogP contribution in [0.1, 0.15) is 5.69 Å². The van der Waals surface area contributed by atoms with Gasteiger partial charge in [0.25, 0.3) is 0 Å². The third-order valence-corrected chi connectivity index (χ3v) is 3.95. The lowest BCUT2D eigenvalue weighted by Gasteiger charge is -2.11. The summed E-state index contributed by atoms with van der Waals surface area (Å²) in [7, 11) is 0. The van der Waals surface area contributed by atoms with Gasteiger partial charge in [-0.1, -0.05) is 23.2 Å². The summed E-state index contributed by atoms with van der Waals surface area (Å²) in [6, 6.07) is 6.41. The minimum atomic E-state index is -0.267. The molecule has 114 valence electrons. The zero-order valence-electron chi connectivity index (χ0n) is 11.8. The zero-order chi connectivity index (χ0) is 15.7. The lowest BCUT2D eigenvalue weighted by atomic mass is 10.2. The van der Waals surface area contributed by atoms with E-state index in [-0.39, 0.29) is 5.82 Å². The van der Waals surface area contributed by atoms with Crippen LogP contribution < -0.4 is 5.32 Å². The van der Waals surface area contributed by atoms with Crippen LogP contribution in [-0.4, -0.2) is 21.1 Å². The number of nitrogens with one attached hydrogen (secondary N) is 1. The molecule has 1 aromatic carbocycles. The van der Waals surface area contributed by atoms with Crippen molar-refractivity contribution in [2.75, 3.05) is 11.9 Å². The average molecular weight is 339 g/mol. The zero-order valence-corrected chi connectivity index (χ0v) is 13.3. The Hall–Kier alpha value is -1.85. The highest BCUT2D eigenvalue weighted by Crippen LogP contribution is 2.29. The molecule has 0 unspecified atom stereocenters. The number of nitrogens with zero attached hydrogens (tertiary/aromatic N) is 3. The van der Waals surface area contributed by atoms with Gasteiger partial charge in [-0.2, -0.15) is 0 Å². The van der Waals surface area contributed by atoms with E-state index in [1.807, 2.05) is 11.5 Å². The van der Waals surface area contributed by atoms with Crippen LogP contribution in [0, 0.1) is 12.7 Å². The molecular formula is C15H13Cl2FN4. The molecule has 0 aliphatic heterocycles. The van der Waals surface area contributed by atoms with E-state index in [9.17, 15) is 4.39 Å². The third kappa shape index (κ3) is 2.87. The monoisotopic (exact) mass is 338 g/mol. The number of hydrogen-bond donors (Lipinski definition) is 1. The molecule has 2 heterocycles. The number of anilines is 1. The molecule has 0 fully saturated rings. The molecule has 0 bridgehead atoms. The number of hydrogen-bond acceptors (Lipinski definition) is 3. The van der Waals surface area contributed by atoms with Crippen molar-refractivity contribution in [3.63, 3.8) is 0 Å². The van der Waals surface area contributed by atoms with Crippen molar-refractivity contribution < 1.29 is 4.39 Å². The second kappa shape index (κ2) is 6.10. The maximum absolute atomic E-state index is 13.9. The predicted octanol–water partition coefficient (Wildman–Crippen LogP) is 4.30. The Bertz CT molecular complexity index is 832. The summed E-state index contributed by atoms with van der Waals surface area (Å²) in [6.45, 7) is 3.16. The molecule has 4 nitrogen and oxygen atoms in total. The fraction of sp³-hybridized carbons (Fsp3) is 0.200. The van der Waals surface area contributed by atoms with Crippen LogP contribution >= 0.6 is 23.2 Å². The molecule has 3 aromatic rings. The van der Waals surface area contributed by atoms with Crippen LogP contribution in [0.2, 0.25) is 10.2 Å². The molecule has 7 heteroatoms. The fourth-order valence-corrected chi connectivity index (χ4v) is 2.86. The van der Waals surface area contributed by atoms with Gasteiger partial charge in [0.1, 0.15) is 23.1 Å². The molecule has 3 rings (SSSR count). The van der Waals surface area contributed by atoms with Gasteiger partial charge in [-0.25, -0.2) is 14.4 Å². The minimum absolute atomic E-state index is 0.267. The molecule has 0 radical (unpaired) electrons. The van der Waals surface area contributed by atoms with Gasteiger partial charge in [0, 0.05) is 30.2 Å². The maximum atomic E-state index is 13.9. The Balaban J connectivity index is 1.82. The van der Waals surface area contributed by atoms with Crippen molar-refractivity contribution >= 4 is 39.9 Å². The Morgan fingerprint density at radius 3 is 2.82 bits per heavy atom. The Kier molecular flexibility index (Phi) is 4.18. The maximum Gasteiger partial charge on any atom is 0.134 e. The molecule has 0 saturated heterocycles. The molecule has 0 amide bonds. The van der Waals surface area contributed by atoms with Crippen molar-refractivity contribution in [2.24, 2.45) is 0 Å². The summed E-state index contributed by atoms with van der Waals surface area (Å²) in [5.74, 6) is 0.378. The van der Waals surface area contributed by atoms with Gasteiger partial charge in [0.2, 0.25) is 0 Å². The van der Waals surface area contributed by atoms with E-state index < -0.39 is 0 Å². The highest BCUT2D eigenvalue weighted by molar-refractivity contribution is 6.35. The van der Waals surface area contributed by atoms with E-state index >= 15 is 0 Å². The van der Waals surface area contributed by atoms with Crippen LogP contribution in [0.4, 0.5) is 10.2 Å². The summed E-state index contributed by atoms with van der Waals surface area (Å²) >= 11 is 12.0. The number of rotatable bonds is 4. The van der Waals surface area contributed by atoms with Gasteiger partial charge in [-0.3, -0.25) is 0 Å². The van der Waals surface area contributed by atoms with Gasteiger partial charge >= 0.3 is 0 Å². The Morgan fingerprint density at radius 2 is 2.05 bits per heavy atom. The van der Waals surface area contributed by atoms with Crippen molar-refractivity contribution in [1.82, 2.24) is 14.5 Å². The standard InChI is InChI=1S/C15H13Cl2FN4/c1-9-6-10-12(18)3-2-11(16)15(10)22(9)5-4-19-14-7-13(17)20-8-21-14/h2-3,6-8H,4-5H2,1H3,(H,19,20,21). The molecule has 22 heavy (non-hydrogen) atoms. The van der Waals surface area contributed by atoms with Crippen LogP contribution in [0.15, 0.2) is 30.6 Å². The van der Waals surface area contributed by atoms with Crippen LogP contribution in [0.5, 0.6) is 0 Å². The molecule has 0 spiro atoms. The molecule has 0 saturated carbocycles. The summed E-state index contributed by atoms with van der Waals surface area (Å²) in [5.41, 5.74) is 1.66. The lowest BCUT2D eigenvalue weighted by Crippen LogP contribution is -2.12. The number of aromatic nitrogens is 3. The Labute approximate surface area is 136 Å². The summed E-state index contributed by atoms with van der Waals surface area (Å²) < 4.78 is 15.9. The molecule has 0 aliphatic rings. The molecule has 0 aliphatic carbocycles. The van der Waals surface area contributed by atoms with Crippen LogP contribution in [-0.2, 0) is 6.54 Å². The second-order valence-electron chi connectivity index (χ2n) is 4.88. The smallest absolute Gasteiger partial charge is 0.134 e. The Morgan fingerprint density at radius 1 is 1.23 bits per heavy atom. The third-order valence-electron chi connectivity index (χ3n) is 3.44. The fourth-order valence-electron chi connectivity index (χ4n) is 2.45. The van der Waals surface area contributed by atoms with Crippen molar-refractivity contribution in [1.29, 1.82) is 0 Å². The summed E-state index contributed by atoms with van der Waals surface area (Å²) in [6.07, 6.45) is 1.40. The lowest BCUT2D eigenvalue weighted by molar-refractivity contribution is 0.639. The van der Waals surface area contributed by atoms with Crippen LogP contribution in [0.3, 0.4) is 0 Å². The number of halogens is 3. The van der Waals surface area contributed by atoms with Gasteiger partial charge in [-0.15, -0.1) is 0 Å². The van der Waals surface area contributed by atoms with E-state index in [0.29, 0.717) is 40.0 Å². The first-order valence-corrected chi connectivity index (χ1v) is 7.47. The van der Waals surface area contributed by atoms with E-state index in [0.717, 1.165) is 5.69 Å². The number of fused-ring (bicyclic) bond motifs is 1. The van der Waals surface area contributed by atoms with Crippen LogP contribution in [0.25, 0.3) is 10.9 Å². The van der Waals surface area contributed by atoms with Gasteiger partial charge in [0.15, 0.2) is 0 Å². The highest BCUT2D eigenvalue weighted by Gasteiger charge is 2.12. The van der Waals surface area contributed by atoms with Gasteiger partial charge in [-0.05, 0) is 25.1 Å². The largest absolute Gasteiger partial charge is 0.368 e. The average Bonchev–Trinajstić information content (AvgIpc) is 2.82. The molecule has 1 N–H and O–H groups in total. The topological polar surface area (TPSA) is 42.7 Å². The normalized spacial score (nSPS) is 11.1.